The van der Waals surface area contributed by atoms with Crippen LogP contribution in [0.15, 0.2) is 12.7 Å². The largest absolute Gasteiger partial charge is 0.444 e. The van der Waals surface area contributed by atoms with E-state index in [1.807, 2.05) is 13.0 Å². The van der Waals surface area contributed by atoms with E-state index in [0.717, 1.165) is 12.8 Å². The Morgan fingerprint density at radius 2 is 1.96 bits per heavy atom. The first-order valence-corrected chi connectivity index (χ1v) is 8.28. The Labute approximate surface area is 145 Å². The molecule has 0 spiro atoms. The molecule has 0 saturated heterocycles. The first-order valence-electron chi connectivity index (χ1n) is 8.28. The van der Waals surface area contributed by atoms with Crippen LogP contribution in [-0.4, -0.2) is 41.6 Å². The molecule has 6 nitrogen and oxygen atoms in total. The van der Waals surface area contributed by atoms with E-state index in [0.29, 0.717) is 12.3 Å². The van der Waals surface area contributed by atoms with Gasteiger partial charge < -0.3 is 10.1 Å². The van der Waals surface area contributed by atoms with Crippen molar-refractivity contribution in [2.45, 2.75) is 71.6 Å². The van der Waals surface area contributed by atoms with Gasteiger partial charge in [-0.15, -0.1) is 6.58 Å². The summed E-state index contributed by atoms with van der Waals surface area (Å²) in [5.41, 5.74) is -0.628. The Balaban J connectivity index is 4.63. The third-order valence-corrected chi connectivity index (χ3v) is 3.62. The van der Waals surface area contributed by atoms with E-state index in [-0.39, 0.29) is 5.91 Å². The topological polar surface area (TPSA) is 82.4 Å². The number of carbonyl (C=O) groups excluding carboxylic acids is 2. The second-order valence-electron chi connectivity index (χ2n) is 7.16. The van der Waals surface area contributed by atoms with Crippen molar-refractivity contribution in [3.63, 3.8) is 0 Å². The van der Waals surface area contributed by atoms with Crippen LogP contribution in [0.25, 0.3) is 0 Å². The van der Waals surface area contributed by atoms with Gasteiger partial charge in [0.2, 0.25) is 5.91 Å². The van der Waals surface area contributed by atoms with Crippen LogP contribution in [0.1, 0.15) is 53.9 Å². The summed E-state index contributed by atoms with van der Waals surface area (Å²) in [6.45, 7) is 12.6. The van der Waals surface area contributed by atoms with Crippen LogP contribution in [0, 0.1) is 17.2 Å². The number of nitrogens with zero attached hydrogens (tertiary/aromatic N) is 2. The molecule has 0 fully saturated rings. The van der Waals surface area contributed by atoms with Crippen molar-refractivity contribution < 1.29 is 14.3 Å². The van der Waals surface area contributed by atoms with Crippen molar-refractivity contribution in [2.24, 2.45) is 5.92 Å². The summed E-state index contributed by atoms with van der Waals surface area (Å²) in [7, 11) is 1.51. The highest BCUT2D eigenvalue weighted by Gasteiger charge is 2.28. The summed E-state index contributed by atoms with van der Waals surface area (Å²) in [5.74, 6) is -0.0716. The van der Waals surface area contributed by atoms with Gasteiger partial charge >= 0.3 is 6.09 Å². The third kappa shape index (κ3) is 8.56. The standard InChI is InChI=1S/C18H31N3O3/c1-8-9-10-13(2)11-15(12-19)20-16(22)14(3)21(7)17(23)24-18(4,5)6/h8,13-15H,1,9-11H2,2-7H3,(H,20,22)/t13?,14-,15+/m0/s1. The van der Waals surface area contributed by atoms with Gasteiger partial charge in [0.15, 0.2) is 0 Å². The molecule has 0 aliphatic rings. The number of ether oxygens (including phenoxy) is 1. The first kappa shape index (κ1) is 22.0. The number of carbonyl (C=O) groups is 2. The summed E-state index contributed by atoms with van der Waals surface area (Å²) in [4.78, 5) is 25.5. The van der Waals surface area contributed by atoms with Crippen LogP contribution >= 0.6 is 0 Å². The summed E-state index contributed by atoms with van der Waals surface area (Å²) in [6, 6.07) is 0.809. The summed E-state index contributed by atoms with van der Waals surface area (Å²) >= 11 is 0. The SMILES string of the molecule is C=CCCC(C)C[C@H](C#N)NC(=O)[C@H](C)N(C)C(=O)OC(C)(C)C. The Morgan fingerprint density at radius 1 is 1.38 bits per heavy atom. The van der Waals surface area contributed by atoms with E-state index in [4.69, 9.17) is 4.74 Å². The molecule has 0 bridgehead atoms. The van der Waals surface area contributed by atoms with Crippen LogP contribution in [0.3, 0.4) is 0 Å². The number of nitrogens with one attached hydrogen (secondary N) is 1. The Kier molecular flexibility index (Phi) is 9.12. The molecule has 0 heterocycles. The number of likely N-dealkylation sites (N-methyl/N-ethyl adjacent to an activating group) is 1. The molecule has 0 aromatic rings. The van der Waals surface area contributed by atoms with Crippen LogP contribution in [0.5, 0.6) is 0 Å². The monoisotopic (exact) mass is 337 g/mol. The van der Waals surface area contributed by atoms with Crippen LogP contribution in [0.4, 0.5) is 4.79 Å². The minimum atomic E-state index is -0.723. The maximum Gasteiger partial charge on any atom is 0.410 e. The van der Waals surface area contributed by atoms with E-state index in [9.17, 15) is 14.9 Å². The maximum absolute atomic E-state index is 12.3. The van der Waals surface area contributed by atoms with Gasteiger partial charge in [0.25, 0.3) is 0 Å². The summed E-state index contributed by atoms with van der Waals surface area (Å²) in [6.07, 6.45) is 3.64. The highest BCUT2D eigenvalue weighted by atomic mass is 16.6. The lowest BCUT2D eigenvalue weighted by Gasteiger charge is -2.28. The molecule has 136 valence electrons. The Bertz CT molecular complexity index is 477. The zero-order valence-corrected chi connectivity index (χ0v) is 15.8. The van der Waals surface area contributed by atoms with Crippen LogP contribution < -0.4 is 5.32 Å². The molecule has 0 aliphatic heterocycles. The van der Waals surface area contributed by atoms with Crippen molar-refractivity contribution >= 4 is 12.0 Å². The molecule has 0 aliphatic carbocycles. The molecule has 0 aromatic heterocycles. The number of hydrogen-bond acceptors (Lipinski definition) is 4. The maximum atomic E-state index is 12.3. The fraction of sp³-hybridized carbons (Fsp3) is 0.722. The van der Waals surface area contributed by atoms with E-state index in [2.05, 4.69) is 18.0 Å². The molecule has 6 heteroatoms. The smallest absolute Gasteiger partial charge is 0.410 e. The van der Waals surface area contributed by atoms with Crippen LogP contribution in [0.2, 0.25) is 0 Å². The average Bonchev–Trinajstić information content (AvgIpc) is 2.48. The number of amides is 2. The van der Waals surface area contributed by atoms with E-state index < -0.39 is 23.8 Å². The third-order valence-electron chi connectivity index (χ3n) is 3.62. The predicted molar refractivity (Wildman–Crippen MR) is 94.2 cm³/mol. The molecule has 0 radical (unpaired) electrons. The van der Waals surface area contributed by atoms with Gasteiger partial charge in [0.1, 0.15) is 17.7 Å². The van der Waals surface area contributed by atoms with Crippen molar-refractivity contribution in [3.8, 4) is 6.07 Å². The Morgan fingerprint density at radius 3 is 2.42 bits per heavy atom. The van der Waals surface area contributed by atoms with E-state index in [1.54, 1.807) is 27.7 Å². The molecule has 0 rings (SSSR count). The van der Waals surface area contributed by atoms with Gasteiger partial charge in [-0.05, 0) is 52.9 Å². The fourth-order valence-electron chi connectivity index (χ4n) is 2.03. The number of rotatable bonds is 8. The van der Waals surface area contributed by atoms with Crippen molar-refractivity contribution in [1.29, 1.82) is 5.26 Å². The average molecular weight is 337 g/mol. The molecule has 3 atom stereocenters. The van der Waals surface area contributed by atoms with Gasteiger partial charge in [0, 0.05) is 7.05 Å². The van der Waals surface area contributed by atoms with Crippen molar-refractivity contribution in [1.82, 2.24) is 10.2 Å². The zero-order chi connectivity index (χ0) is 18.9. The Hall–Kier alpha value is -2.03. The number of nitriles is 1. The van der Waals surface area contributed by atoms with Gasteiger partial charge in [-0.1, -0.05) is 13.0 Å². The minimum absolute atomic E-state index is 0.298. The predicted octanol–water partition coefficient (Wildman–Crippen LogP) is 3.24. The van der Waals surface area contributed by atoms with Crippen LogP contribution in [-0.2, 0) is 9.53 Å². The lowest BCUT2D eigenvalue weighted by Crippen LogP contribution is -2.49. The summed E-state index contributed by atoms with van der Waals surface area (Å²) in [5, 5.41) is 11.9. The number of allylic oxidation sites excluding steroid dienone is 1. The first-order chi connectivity index (χ1) is 11.0. The highest BCUT2D eigenvalue weighted by Crippen LogP contribution is 2.14. The normalized spacial score (nSPS) is 14.7. The zero-order valence-electron chi connectivity index (χ0n) is 15.8. The molecule has 0 saturated carbocycles. The second kappa shape index (κ2) is 9.96. The van der Waals surface area contributed by atoms with Gasteiger partial charge in [-0.25, -0.2) is 4.79 Å². The summed E-state index contributed by atoms with van der Waals surface area (Å²) < 4.78 is 5.24. The number of hydrogen-bond donors (Lipinski definition) is 1. The molecule has 0 aromatic carbocycles. The van der Waals surface area contributed by atoms with Crippen molar-refractivity contribution in [3.05, 3.63) is 12.7 Å². The second-order valence-corrected chi connectivity index (χ2v) is 7.16. The molecule has 1 N–H and O–H groups in total. The molecular formula is C18H31N3O3. The lowest BCUT2D eigenvalue weighted by atomic mass is 9.97. The van der Waals surface area contributed by atoms with E-state index in [1.165, 1.54) is 11.9 Å². The lowest BCUT2D eigenvalue weighted by molar-refractivity contribution is -0.125. The highest BCUT2D eigenvalue weighted by molar-refractivity contribution is 5.85. The quantitative estimate of drug-likeness (QED) is 0.689. The molecule has 24 heavy (non-hydrogen) atoms. The minimum Gasteiger partial charge on any atom is -0.444 e. The van der Waals surface area contributed by atoms with E-state index >= 15 is 0 Å². The van der Waals surface area contributed by atoms with Gasteiger partial charge in [0.05, 0.1) is 6.07 Å². The van der Waals surface area contributed by atoms with Gasteiger partial charge in [-0.3, -0.25) is 9.69 Å². The molecular weight excluding hydrogens is 306 g/mol. The van der Waals surface area contributed by atoms with Gasteiger partial charge in [-0.2, -0.15) is 5.26 Å². The molecule has 1 unspecified atom stereocenters. The van der Waals surface area contributed by atoms with Crippen molar-refractivity contribution in [2.75, 3.05) is 7.05 Å². The molecule has 2 amide bonds. The fourth-order valence-corrected chi connectivity index (χ4v) is 2.03.